The minimum Gasteiger partial charge on any atom is -0.356 e. The third-order valence-corrected chi connectivity index (χ3v) is 3.84. The van der Waals surface area contributed by atoms with Gasteiger partial charge in [-0.1, -0.05) is 6.42 Å². The number of fused-ring (bicyclic) bond motifs is 1. The first-order chi connectivity index (χ1) is 7.20. The smallest absolute Gasteiger partial charge is 0.223 e. The lowest BCUT2D eigenvalue weighted by molar-refractivity contribution is -0.123. The van der Waals surface area contributed by atoms with Crippen molar-refractivity contribution >= 4 is 5.91 Å². The average molecular weight is 210 g/mol. The summed E-state index contributed by atoms with van der Waals surface area (Å²) in [5, 5.41) is 3.03. The molecule has 2 aliphatic carbocycles. The van der Waals surface area contributed by atoms with Crippen LogP contribution >= 0.6 is 0 Å². The van der Waals surface area contributed by atoms with Gasteiger partial charge < -0.3 is 11.1 Å². The molecule has 0 bridgehead atoms. The van der Waals surface area contributed by atoms with E-state index in [0.717, 1.165) is 31.2 Å². The SMILES string of the molecule is CC(N)CCCNC(=O)C1C2CCCC21. The molecule has 2 saturated carbocycles. The van der Waals surface area contributed by atoms with E-state index in [1.807, 2.05) is 6.92 Å². The Morgan fingerprint density at radius 2 is 2.13 bits per heavy atom. The lowest BCUT2D eigenvalue weighted by Crippen LogP contribution is -2.28. The van der Waals surface area contributed by atoms with Gasteiger partial charge in [0.1, 0.15) is 0 Å². The van der Waals surface area contributed by atoms with Gasteiger partial charge in [-0.15, -0.1) is 0 Å². The molecule has 86 valence electrons. The molecule has 2 aliphatic rings. The monoisotopic (exact) mass is 210 g/mol. The first-order valence-electron chi connectivity index (χ1n) is 6.23. The number of hydrogen-bond donors (Lipinski definition) is 2. The number of hydrogen-bond acceptors (Lipinski definition) is 2. The van der Waals surface area contributed by atoms with Gasteiger partial charge in [-0.2, -0.15) is 0 Å². The van der Waals surface area contributed by atoms with Gasteiger partial charge in [0.05, 0.1) is 0 Å². The van der Waals surface area contributed by atoms with Crippen molar-refractivity contribution in [2.75, 3.05) is 6.54 Å². The van der Waals surface area contributed by atoms with Crippen LogP contribution in [0.5, 0.6) is 0 Å². The van der Waals surface area contributed by atoms with E-state index in [2.05, 4.69) is 5.32 Å². The molecule has 3 heteroatoms. The van der Waals surface area contributed by atoms with Crippen LogP contribution in [0.15, 0.2) is 0 Å². The van der Waals surface area contributed by atoms with Crippen LogP contribution in [0.4, 0.5) is 0 Å². The van der Waals surface area contributed by atoms with E-state index in [1.165, 1.54) is 19.3 Å². The molecule has 3 atom stereocenters. The predicted octanol–water partition coefficient (Wildman–Crippen LogP) is 1.28. The molecule has 0 aromatic rings. The maximum absolute atomic E-state index is 11.7. The molecule has 2 rings (SSSR count). The highest BCUT2D eigenvalue weighted by atomic mass is 16.2. The molecule has 0 saturated heterocycles. The Balaban J connectivity index is 1.58. The van der Waals surface area contributed by atoms with Crippen molar-refractivity contribution in [3.05, 3.63) is 0 Å². The summed E-state index contributed by atoms with van der Waals surface area (Å²) in [6.45, 7) is 2.81. The summed E-state index contributed by atoms with van der Waals surface area (Å²) >= 11 is 0. The van der Waals surface area contributed by atoms with E-state index >= 15 is 0 Å². The Bertz CT molecular complexity index is 230. The third kappa shape index (κ3) is 2.51. The van der Waals surface area contributed by atoms with Crippen LogP contribution in [-0.2, 0) is 4.79 Å². The lowest BCUT2D eigenvalue weighted by Gasteiger charge is -2.07. The van der Waals surface area contributed by atoms with Gasteiger partial charge in [-0.05, 0) is 44.4 Å². The van der Waals surface area contributed by atoms with E-state index in [1.54, 1.807) is 0 Å². The van der Waals surface area contributed by atoms with Gasteiger partial charge in [0.15, 0.2) is 0 Å². The van der Waals surface area contributed by atoms with Gasteiger partial charge >= 0.3 is 0 Å². The van der Waals surface area contributed by atoms with Crippen LogP contribution in [0.1, 0.15) is 39.0 Å². The molecule has 1 amide bonds. The first-order valence-corrected chi connectivity index (χ1v) is 6.23. The maximum atomic E-state index is 11.7. The van der Waals surface area contributed by atoms with Crippen molar-refractivity contribution in [1.29, 1.82) is 0 Å². The Morgan fingerprint density at radius 3 is 2.73 bits per heavy atom. The summed E-state index contributed by atoms with van der Waals surface area (Å²) in [5.74, 6) is 2.14. The Hall–Kier alpha value is -0.570. The molecule has 0 aromatic heterocycles. The van der Waals surface area contributed by atoms with Crippen molar-refractivity contribution in [1.82, 2.24) is 5.32 Å². The Kier molecular flexibility index (Phi) is 3.29. The molecule has 15 heavy (non-hydrogen) atoms. The second-order valence-corrected chi connectivity index (χ2v) is 5.19. The molecule has 3 unspecified atom stereocenters. The fraction of sp³-hybridized carbons (Fsp3) is 0.917. The summed E-state index contributed by atoms with van der Waals surface area (Å²) in [4.78, 5) is 11.7. The maximum Gasteiger partial charge on any atom is 0.223 e. The molecule has 2 fully saturated rings. The van der Waals surface area contributed by atoms with Crippen molar-refractivity contribution in [2.24, 2.45) is 23.5 Å². The summed E-state index contributed by atoms with van der Waals surface area (Å²) in [6, 6.07) is 0.252. The van der Waals surface area contributed by atoms with E-state index in [9.17, 15) is 4.79 Å². The molecule has 0 spiro atoms. The third-order valence-electron chi connectivity index (χ3n) is 3.84. The molecule has 0 radical (unpaired) electrons. The van der Waals surface area contributed by atoms with Crippen molar-refractivity contribution < 1.29 is 4.79 Å². The van der Waals surface area contributed by atoms with Crippen LogP contribution in [0.25, 0.3) is 0 Å². The number of amides is 1. The number of carbonyl (C=O) groups excluding carboxylic acids is 1. The number of nitrogens with one attached hydrogen (secondary N) is 1. The molecular weight excluding hydrogens is 188 g/mol. The molecule has 0 aromatic carbocycles. The summed E-state index contributed by atoms with van der Waals surface area (Å²) in [5.41, 5.74) is 5.64. The largest absolute Gasteiger partial charge is 0.356 e. The normalized spacial score (nSPS) is 34.7. The minimum atomic E-state index is 0.252. The number of carbonyl (C=O) groups is 1. The second kappa shape index (κ2) is 4.52. The van der Waals surface area contributed by atoms with Gasteiger partial charge in [-0.25, -0.2) is 0 Å². The van der Waals surface area contributed by atoms with Crippen molar-refractivity contribution in [3.63, 3.8) is 0 Å². The van der Waals surface area contributed by atoms with Gasteiger partial charge in [-0.3, -0.25) is 4.79 Å². The fourth-order valence-electron chi connectivity index (χ4n) is 2.96. The van der Waals surface area contributed by atoms with Crippen LogP contribution in [0, 0.1) is 17.8 Å². The van der Waals surface area contributed by atoms with Crippen LogP contribution in [-0.4, -0.2) is 18.5 Å². The predicted molar refractivity (Wildman–Crippen MR) is 60.2 cm³/mol. The topological polar surface area (TPSA) is 55.1 Å². The number of rotatable bonds is 5. The fourth-order valence-corrected chi connectivity index (χ4v) is 2.96. The summed E-state index contributed by atoms with van der Waals surface area (Å²) < 4.78 is 0. The molecule has 0 aliphatic heterocycles. The highest BCUT2D eigenvalue weighted by Gasteiger charge is 2.56. The minimum absolute atomic E-state index is 0.252. The Morgan fingerprint density at radius 1 is 1.47 bits per heavy atom. The van der Waals surface area contributed by atoms with Gasteiger partial charge in [0, 0.05) is 18.5 Å². The van der Waals surface area contributed by atoms with E-state index in [4.69, 9.17) is 5.73 Å². The highest BCUT2D eigenvalue weighted by Crippen LogP contribution is 2.57. The van der Waals surface area contributed by atoms with Gasteiger partial charge in [0.25, 0.3) is 0 Å². The zero-order valence-corrected chi connectivity index (χ0v) is 9.54. The molecule has 3 nitrogen and oxygen atoms in total. The quantitative estimate of drug-likeness (QED) is 0.672. The summed E-state index contributed by atoms with van der Waals surface area (Å²) in [6.07, 6.45) is 5.90. The van der Waals surface area contributed by atoms with Gasteiger partial charge in [0.2, 0.25) is 5.91 Å². The zero-order valence-electron chi connectivity index (χ0n) is 9.54. The number of nitrogens with two attached hydrogens (primary N) is 1. The van der Waals surface area contributed by atoms with Crippen molar-refractivity contribution in [2.45, 2.75) is 45.1 Å². The first kappa shape index (κ1) is 10.9. The van der Waals surface area contributed by atoms with E-state index in [0.29, 0.717) is 11.8 Å². The van der Waals surface area contributed by atoms with E-state index < -0.39 is 0 Å². The summed E-state index contributed by atoms with van der Waals surface area (Å²) in [7, 11) is 0. The Labute approximate surface area is 91.8 Å². The molecule has 3 N–H and O–H groups in total. The van der Waals surface area contributed by atoms with E-state index in [-0.39, 0.29) is 6.04 Å². The standard InChI is InChI=1S/C12H22N2O/c1-8(13)4-3-7-14-12(15)11-9-5-2-6-10(9)11/h8-11H,2-7,13H2,1H3,(H,14,15). The highest BCUT2D eigenvalue weighted by molar-refractivity contribution is 5.82. The zero-order chi connectivity index (χ0) is 10.8. The van der Waals surface area contributed by atoms with Crippen LogP contribution in [0.3, 0.4) is 0 Å². The second-order valence-electron chi connectivity index (χ2n) is 5.19. The molecular formula is C12H22N2O. The van der Waals surface area contributed by atoms with Crippen LogP contribution < -0.4 is 11.1 Å². The lowest BCUT2D eigenvalue weighted by atomic mass is 10.1. The molecule has 0 heterocycles. The average Bonchev–Trinajstić information content (AvgIpc) is 2.67. The van der Waals surface area contributed by atoms with Crippen LogP contribution in [0.2, 0.25) is 0 Å². The van der Waals surface area contributed by atoms with Crippen molar-refractivity contribution in [3.8, 4) is 0 Å².